The minimum absolute atomic E-state index is 0.366. The summed E-state index contributed by atoms with van der Waals surface area (Å²) in [6, 6.07) is 0. The Morgan fingerprint density at radius 3 is 3.12 bits per heavy atom. The fourth-order valence-corrected chi connectivity index (χ4v) is 4.33. The summed E-state index contributed by atoms with van der Waals surface area (Å²) >= 11 is 3.90. The molecule has 0 spiro atoms. The maximum atomic E-state index is 5.23. The van der Waals surface area contributed by atoms with Crippen molar-refractivity contribution < 1.29 is 4.52 Å². The van der Waals surface area contributed by atoms with Crippen LogP contribution in [-0.2, 0) is 6.54 Å². The van der Waals surface area contributed by atoms with Crippen molar-refractivity contribution in [3.63, 3.8) is 0 Å². The van der Waals surface area contributed by atoms with E-state index in [2.05, 4.69) is 29.0 Å². The van der Waals surface area contributed by atoms with Crippen LogP contribution in [-0.4, -0.2) is 33.4 Å². The second-order valence-electron chi connectivity index (χ2n) is 3.83. The molecular formula is C11H17N3OS2. The van der Waals surface area contributed by atoms with Crippen molar-refractivity contribution >= 4 is 23.5 Å². The van der Waals surface area contributed by atoms with Crippen LogP contribution < -0.4 is 5.32 Å². The van der Waals surface area contributed by atoms with Crippen molar-refractivity contribution in [1.82, 2.24) is 15.5 Å². The maximum Gasteiger partial charge on any atom is 0.240 e. The predicted octanol–water partition coefficient (Wildman–Crippen LogP) is 2.25. The first-order valence-electron chi connectivity index (χ1n) is 5.68. The number of nitrogens with one attached hydrogen (secondary N) is 1. The molecule has 4 nitrogen and oxygen atoms in total. The van der Waals surface area contributed by atoms with Crippen LogP contribution in [0.3, 0.4) is 0 Å². The van der Waals surface area contributed by atoms with E-state index in [9.17, 15) is 0 Å². The minimum Gasteiger partial charge on any atom is -0.338 e. The third kappa shape index (κ3) is 3.50. The van der Waals surface area contributed by atoms with Crippen LogP contribution in [0, 0.1) is 0 Å². The Labute approximate surface area is 110 Å². The first-order chi connectivity index (χ1) is 8.31. The average molecular weight is 271 g/mol. The largest absolute Gasteiger partial charge is 0.338 e. The lowest BCUT2D eigenvalue weighted by Crippen LogP contribution is -2.17. The summed E-state index contributed by atoms with van der Waals surface area (Å²) in [5.41, 5.74) is 0. The van der Waals surface area contributed by atoms with E-state index in [1.165, 1.54) is 5.75 Å². The minimum atomic E-state index is 0.366. The molecule has 1 aromatic heterocycles. The highest BCUT2D eigenvalue weighted by molar-refractivity contribution is 8.06. The maximum absolute atomic E-state index is 5.23. The van der Waals surface area contributed by atoms with Gasteiger partial charge in [-0.2, -0.15) is 16.7 Å². The van der Waals surface area contributed by atoms with Gasteiger partial charge in [0, 0.05) is 23.3 Å². The van der Waals surface area contributed by atoms with Crippen molar-refractivity contribution in [2.75, 3.05) is 18.1 Å². The third-order valence-electron chi connectivity index (χ3n) is 2.49. The van der Waals surface area contributed by atoms with Crippen LogP contribution >= 0.6 is 23.5 Å². The normalized spacial score (nSPS) is 24.8. The predicted molar refractivity (Wildman–Crippen MR) is 73.3 cm³/mol. The van der Waals surface area contributed by atoms with Crippen LogP contribution in [0.4, 0.5) is 0 Å². The van der Waals surface area contributed by atoms with Crippen molar-refractivity contribution in [3.05, 3.63) is 24.4 Å². The third-order valence-corrected chi connectivity index (χ3v) is 5.58. The molecule has 17 heavy (non-hydrogen) atoms. The van der Waals surface area contributed by atoms with E-state index in [0.717, 1.165) is 18.1 Å². The molecule has 2 unspecified atom stereocenters. The van der Waals surface area contributed by atoms with Gasteiger partial charge in [-0.1, -0.05) is 18.2 Å². The zero-order valence-electron chi connectivity index (χ0n) is 9.89. The van der Waals surface area contributed by atoms with Crippen LogP contribution in [0.5, 0.6) is 0 Å². The quantitative estimate of drug-likeness (QED) is 0.655. The first-order valence-corrected chi connectivity index (χ1v) is 7.78. The van der Waals surface area contributed by atoms with E-state index >= 15 is 0 Å². The lowest BCUT2D eigenvalue weighted by Gasteiger charge is -2.24. The van der Waals surface area contributed by atoms with Gasteiger partial charge in [-0.05, 0) is 0 Å². The number of hydrogen-bond acceptors (Lipinski definition) is 6. The smallest absolute Gasteiger partial charge is 0.240 e. The number of rotatable bonds is 5. The summed E-state index contributed by atoms with van der Waals surface area (Å²) in [5, 5.41) is 8.16. The van der Waals surface area contributed by atoms with Crippen molar-refractivity contribution in [2.45, 2.75) is 24.0 Å². The number of hydrogen-bond donors (Lipinski definition) is 1. The SMILES string of the molecule is C=CCNCc1nc(C2SCCSC2C)no1. The molecule has 0 amide bonds. The summed E-state index contributed by atoms with van der Waals surface area (Å²) in [6.45, 7) is 7.24. The Bertz CT molecular complexity index is 369. The number of thioether (sulfide) groups is 2. The highest BCUT2D eigenvalue weighted by Gasteiger charge is 2.28. The molecule has 0 aliphatic carbocycles. The molecule has 1 aliphatic heterocycles. The Morgan fingerprint density at radius 1 is 1.53 bits per heavy atom. The summed E-state index contributed by atoms with van der Waals surface area (Å²) in [4.78, 5) is 4.45. The van der Waals surface area contributed by atoms with Crippen molar-refractivity contribution in [2.24, 2.45) is 0 Å². The lowest BCUT2D eigenvalue weighted by atomic mass is 10.3. The number of nitrogens with zero attached hydrogens (tertiary/aromatic N) is 2. The molecule has 1 aromatic rings. The van der Waals surface area contributed by atoms with Gasteiger partial charge >= 0.3 is 0 Å². The summed E-state index contributed by atoms with van der Waals surface area (Å²) in [5.74, 6) is 3.88. The van der Waals surface area contributed by atoms with E-state index in [1.807, 2.05) is 29.6 Å². The summed E-state index contributed by atoms with van der Waals surface area (Å²) < 4.78 is 5.23. The first kappa shape index (κ1) is 13.0. The summed E-state index contributed by atoms with van der Waals surface area (Å²) in [7, 11) is 0. The van der Waals surface area contributed by atoms with Gasteiger partial charge in [0.15, 0.2) is 5.82 Å². The Morgan fingerprint density at radius 2 is 2.35 bits per heavy atom. The van der Waals surface area contributed by atoms with E-state index in [-0.39, 0.29) is 0 Å². The monoisotopic (exact) mass is 271 g/mol. The molecular weight excluding hydrogens is 254 g/mol. The molecule has 0 saturated carbocycles. The van der Waals surface area contributed by atoms with Gasteiger partial charge in [0.1, 0.15) is 0 Å². The molecule has 2 heterocycles. The molecule has 6 heteroatoms. The molecule has 0 bridgehead atoms. The second-order valence-corrected chi connectivity index (χ2v) is 6.57. The molecule has 1 fully saturated rings. The van der Waals surface area contributed by atoms with E-state index in [4.69, 9.17) is 4.52 Å². The molecule has 1 saturated heterocycles. The molecule has 0 radical (unpaired) electrons. The number of aromatic nitrogens is 2. The van der Waals surface area contributed by atoms with Crippen LogP contribution in [0.15, 0.2) is 17.2 Å². The molecule has 2 rings (SSSR count). The van der Waals surface area contributed by atoms with Gasteiger partial charge in [0.25, 0.3) is 0 Å². The van der Waals surface area contributed by atoms with Crippen LogP contribution in [0.2, 0.25) is 0 Å². The van der Waals surface area contributed by atoms with Crippen molar-refractivity contribution in [1.29, 1.82) is 0 Å². The molecule has 0 aromatic carbocycles. The molecule has 1 aliphatic rings. The second kappa shape index (κ2) is 6.47. The average Bonchev–Trinajstić information content (AvgIpc) is 2.79. The zero-order valence-corrected chi connectivity index (χ0v) is 11.5. The van der Waals surface area contributed by atoms with E-state index in [0.29, 0.717) is 22.9 Å². The van der Waals surface area contributed by atoms with Gasteiger partial charge < -0.3 is 9.84 Å². The lowest BCUT2D eigenvalue weighted by molar-refractivity contribution is 0.365. The Hall–Kier alpha value is -0.460. The van der Waals surface area contributed by atoms with E-state index in [1.54, 1.807) is 0 Å². The fraction of sp³-hybridized carbons (Fsp3) is 0.636. The van der Waals surface area contributed by atoms with Crippen molar-refractivity contribution in [3.8, 4) is 0 Å². The zero-order chi connectivity index (χ0) is 12.1. The molecule has 1 N–H and O–H groups in total. The highest BCUT2D eigenvalue weighted by atomic mass is 32.2. The van der Waals surface area contributed by atoms with Gasteiger partial charge in [0.2, 0.25) is 5.89 Å². The van der Waals surface area contributed by atoms with Gasteiger partial charge in [-0.25, -0.2) is 0 Å². The molecule has 94 valence electrons. The summed E-state index contributed by atoms with van der Waals surface area (Å²) in [6.07, 6.45) is 1.81. The fourth-order valence-electron chi connectivity index (χ4n) is 1.65. The molecule has 2 atom stereocenters. The van der Waals surface area contributed by atoms with Gasteiger partial charge in [0.05, 0.1) is 11.8 Å². The highest BCUT2D eigenvalue weighted by Crippen LogP contribution is 2.40. The van der Waals surface area contributed by atoms with Gasteiger partial charge in [-0.15, -0.1) is 18.3 Å². The van der Waals surface area contributed by atoms with E-state index < -0.39 is 0 Å². The van der Waals surface area contributed by atoms with Crippen LogP contribution in [0.1, 0.15) is 23.9 Å². The standard InChI is InChI=1S/C11H17N3OS2/c1-3-4-12-7-9-13-11(14-15-9)10-8(2)16-5-6-17-10/h3,8,10,12H,1,4-7H2,2H3. The van der Waals surface area contributed by atoms with Gasteiger partial charge in [-0.3, -0.25) is 0 Å². The Kier molecular flexibility index (Phi) is 4.94. The topological polar surface area (TPSA) is 51.0 Å². The Balaban J connectivity index is 1.94. The van der Waals surface area contributed by atoms with Crippen LogP contribution in [0.25, 0.3) is 0 Å².